The number of carbonyl (C=O) groups is 1. The fraction of sp³-hybridized carbons (Fsp3) is 0.278. The standard InChI is InChI=1S/C18H19Cl2NO3/c1-11(14-6-5-13(19)10-15(14)20)21-18(22)9-12-4-7-16(23-2)17(8-12)24-3/h4-8,10-11H,9H2,1-3H3,(H,21,22)/t11-/m0/s1. The zero-order valence-corrected chi connectivity index (χ0v) is 15.2. The number of hydrogen-bond donors (Lipinski definition) is 1. The molecule has 0 aromatic heterocycles. The first-order valence-corrected chi connectivity index (χ1v) is 8.15. The molecule has 0 aliphatic rings. The molecule has 0 spiro atoms. The highest BCUT2D eigenvalue weighted by atomic mass is 35.5. The molecular weight excluding hydrogens is 349 g/mol. The van der Waals surface area contributed by atoms with E-state index in [2.05, 4.69) is 5.32 Å². The minimum absolute atomic E-state index is 0.110. The van der Waals surface area contributed by atoms with Crippen molar-refractivity contribution in [1.29, 1.82) is 0 Å². The summed E-state index contributed by atoms with van der Waals surface area (Å²) in [4.78, 5) is 12.3. The number of rotatable bonds is 6. The van der Waals surface area contributed by atoms with Gasteiger partial charge < -0.3 is 14.8 Å². The maximum Gasteiger partial charge on any atom is 0.224 e. The van der Waals surface area contributed by atoms with Crippen LogP contribution < -0.4 is 14.8 Å². The Balaban J connectivity index is 2.05. The SMILES string of the molecule is COc1ccc(CC(=O)N[C@@H](C)c2ccc(Cl)cc2Cl)cc1OC. The molecule has 4 nitrogen and oxygen atoms in total. The average Bonchev–Trinajstić information content (AvgIpc) is 2.54. The maximum absolute atomic E-state index is 12.3. The first kappa shape index (κ1) is 18.4. The molecule has 0 fully saturated rings. The molecule has 128 valence electrons. The summed E-state index contributed by atoms with van der Waals surface area (Å²) in [6.07, 6.45) is 0.232. The average molecular weight is 368 g/mol. The van der Waals surface area contributed by atoms with Gasteiger partial charge in [-0.1, -0.05) is 35.3 Å². The molecule has 0 bridgehead atoms. The number of methoxy groups -OCH3 is 2. The summed E-state index contributed by atoms with van der Waals surface area (Å²) in [6, 6.07) is 10.4. The van der Waals surface area contributed by atoms with Gasteiger partial charge in [0.2, 0.25) is 5.91 Å². The Hall–Kier alpha value is -1.91. The highest BCUT2D eigenvalue weighted by Crippen LogP contribution is 2.28. The molecule has 2 aromatic rings. The van der Waals surface area contributed by atoms with E-state index >= 15 is 0 Å². The van der Waals surface area contributed by atoms with Gasteiger partial charge in [-0.15, -0.1) is 0 Å². The second-order valence-corrected chi connectivity index (χ2v) is 6.16. The van der Waals surface area contributed by atoms with Crippen molar-refractivity contribution in [2.45, 2.75) is 19.4 Å². The van der Waals surface area contributed by atoms with Gasteiger partial charge in [0.1, 0.15) is 0 Å². The Labute approximate surface area is 151 Å². The molecule has 1 N–H and O–H groups in total. The van der Waals surface area contributed by atoms with E-state index in [1.807, 2.05) is 19.1 Å². The van der Waals surface area contributed by atoms with Crippen LogP contribution in [0.4, 0.5) is 0 Å². The van der Waals surface area contributed by atoms with Crippen LogP contribution in [-0.4, -0.2) is 20.1 Å². The number of hydrogen-bond acceptors (Lipinski definition) is 3. The van der Waals surface area contributed by atoms with Crippen LogP contribution in [0.5, 0.6) is 11.5 Å². The van der Waals surface area contributed by atoms with Crippen molar-refractivity contribution >= 4 is 29.1 Å². The van der Waals surface area contributed by atoms with Crippen molar-refractivity contribution < 1.29 is 14.3 Å². The van der Waals surface area contributed by atoms with E-state index in [9.17, 15) is 4.79 Å². The summed E-state index contributed by atoms with van der Waals surface area (Å²) in [7, 11) is 3.13. The molecular formula is C18H19Cl2NO3. The Kier molecular flexibility index (Phi) is 6.35. The first-order chi connectivity index (χ1) is 11.4. The summed E-state index contributed by atoms with van der Waals surface area (Å²) < 4.78 is 10.4. The molecule has 0 saturated heterocycles. The molecule has 2 aromatic carbocycles. The molecule has 1 amide bonds. The number of amides is 1. The van der Waals surface area contributed by atoms with Crippen molar-refractivity contribution in [2.75, 3.05) is 14.2 Å². The predicted molar refractivity (Wildman–Crippen MR) is 96.3 cm³/mol. The van der Waals surface area contributed by atoms with Crippen LogP contribution in [0.1, 0.15) is 24.1 Å². The fourth-order valence-corrected chi connectivity index (χ4v) is 2.97. The Morgan fingerprint density at radius 3 is 2.42 bits per heavy atom. The van der Waals surface area contributed by atoms with Gasteiger partial charge in [-0.05, 0) is 42.3 Å². The van der Waals surface area contributed by atoms with Gasteiger partial charge in [-0.2, -0.15) is 0 Å². The highest BCUT2D eigenvalue weighted by Gasteiger charge is 2.14. The topological polar surface area (TPSA) is 47.6 Å². The lowest BCUT2D eigenvalue weighted by Crippen LogP contribution is -2.28. The molecule has 0 aliphatic heterocycles. The summed E-state index contributed by atoms with van der Waals surface area (Å²) in [5, 5.41) is 4.02. The Morgan fingerprint density at radius 1 is 1.08 bits per heavy atom. The summed E-state index contributed by atoms with van der Waals surface area (Å²) >= 11 is 12.1. The second kappa shape index (κ2) is 8.27. The maximum atomic E-state index is 12.3. The lowest BCUT2D eigenvalue weighted by atomic mass is 10.1. The van der Waals surface area contributed by atoms with Crippen molar-refractivity contribution in [1.82, 2.24) is 5.32 Å². The minimum atomic E-state index is -0.220. The number of ether oxygens (including phenoxy) is 2. The minimum Gasteiger partial charge on any atom is -0.493 e. The van der Waals surface area contributed by atoms with Gasteiger partial charge in [0.25, 0.3) is 0 Å². The summed E-state index contributed by atoms with van der Waals surface area (Å²) in [5.74, 6) is 1.11. The van der Waals surface area contributed by atoms with Gasteiger partial charge in [-0.3, -0.25) is 4.79 Å². The number of carbonyl (C=O) groups excluding carboxylic acids is 1. The molecule has 0 aliphatic carbocycles. The molecule has 0 heterocycles. The van der Waals surface area contributed by atoms with Gasteiger partial charge in [-0.25, -0.2) is 0 Å². The normalized spacial score (nSPS) is 11.7. The molecule has 2 rings (SSSR count). The summed E-state index contributed by atoms with van der Waals surface area (Å²) in [6.45, 7) is 1.88. The lowest BCUT2D eigenvalue weighted by Gasteiger charge is -2.16. The van der Waals surface area contributed by atoms with Crippen LogP contribution in [0.3, 0.4) is 0 Å². The van der Waals surface area contributed by atoms with Gasteiger partial charge in [0.05, 0.1) is 26.7 Å². The molecule has 0 unspecified atom stereocenters. The van der Waals surface area contributed by atoms with Crippen LogP contribution in [0.15, 0.2) is 36.4 Å². The van der Waals surface area contributed by atoms with Crippen LogP contribution in [-0.2, 0) is 11.2 Å². The van der Waals surface area contributed by atoms with Crippen molar-refractivity contribution in [2.24, 2.45) is 0 Å². The van der Waals surface area contributed by atoms with E-state index in [0.29, 0.717) is 21.5 Å². The molecule has 1 atom stereocenters. The number of benzene rings is 2. The number of halogens is 2. The van der Waals surface area contributed by atoms with Crippen LogP contribution >= 0.6 is 23.2 Å². The quantitative estimate of drug-likeness (QED) is 0.821. The second-order valence-electron chi connectivity index (χ2n) is 5.32. The number of nitrogens with one attached hydrogen (secondary N) is 1. The third kappa shape index (κ3) is 4.56. The smallest absolute Gasteiger partial charge is 0.224 e. The van der Waals surface area contributed by atoms with Crippen molar-refractivity contribution in [3.8, 4) is 11.5 Å². The van der Waals surface area contributed by atoms with E-state index in [4.69, 9.17) is 32.7 Å². The third-order valence-corrected chi connectivity index (χ3v) is 4.18. The molecule has 0 saturated carbocycles. The van der Waals surface area contributed by atoms with Crippen LogP contribution in [0.2, 0.25) is 10.0 Å². The zero-order valence-electron chi connectivity index (χ0n) is 13.7. The van der Waals surface area contributed by atoms with E-state index < -0.39 is 0 Å². The van der Waals surface area contributed by atoms with Gasteiger partial charge in [0, 0.05) is 10.0 Å². The van der Waals surface area contributed by atoms with E-state index in [-0.39, 0.29) is 18.4 Å². The highest BCUT2D eigenvalue weighted by molar-refractivity contribution is 6.35. The van der Waals surface area contributed by atoms with Gasteiger partial charge >= 0.3 is 0 Å². The van der Waals surface area contributed by atoms with Crippen LogP contribution in [0.25, 0.3) is 0 Å². The van der Waals surface area contributed by atoms with E-state index in [0.717, 1.165) is 11.1 Å². The van der Waals surface area contributed by atoms with Crippen molar-refractivity contribution in [3.63, 3.8) is 0 Å². The van der Waals surface area contributed by atoms with Crippen LogP contribution in [0, 0.1) is 0 Å². The fourth-order valence-electron chi connectivity index (χ4n) is 2.40. The monoisotopic (exact) mass is 367 g/mol. The van der Waals surface area contributed by atoms with Crippen molar-refractivity contribution in [3.05, 3.63) is 57.6 Å². The molecule has 6 heteroatoms. The third-order valence-electron chi connectivity index (χ3n) is 3.62. The predicted octanol–water partition coefficient (Wildman–Crippen LogP) is 4.43. The largest absolute Gasteiger partial charge is 0.493 e. The first-order valence-electron chi connectivity index (χ1n) is 7.39. The Bertz CT molecular complexity index is 734. The molecule has 0 radical (unpaired) electrons. The van der Waals surface area contributed by atoms with E-state index in [1.165, 1.54) is 0 Å². The van der Waals surface area contributed by atoms with Gasteiger partial charge in [0.15, 0.2) is 11.5 Å². The zero-order chi connectivity index (χ0) is 17.7. The Morgan fingerprint density at radius 2 is 1.79 bits per heavy atom. The molecule has 24 heavy (non-hydrogen) atoms. The summed E-state index contributed by atoms with van der Waals surface area (Å²) in [5.41, 5.74) is 1.65. The lowest BCUT2D eigenvalue weighted by molar-refractivity contribution is -0.121. The van der Waals surface area contributed by atoms with E-state index in [1.54, 1.807) is 38.5 Å².